The highest BCUT2D eigenvalue weighted by atomic mass is 16.6. The lowest BCUT2D eigenvalue weighted by Gasteiger charge is -2.35. The summed E-state index contributed by atoms with van der Waals surface area (Å²) in [4.78, 5) is 28.7. The van der Waals surface area contributed by atoms with E-state index in [0.29, 0.717) is 31.6 Å². The molecule has 1 aliphatic rings. The van der Waals surface area contributed by atoms with Crippen LogP contribution in [0.2, 0.25) is 0 Å². The summed E-state index contributed by atoms with van der Waals surface area (Å²) in [6.45, 7) is 5.37. The van der Waals surface area contributed by atoms with Crippen LogP contribution in [0.3, 0.4) is 0 Å². The van der Waals surface area contributed by atoms with Gasteiger partial charge in [-0.05, 0) is 18.9 Å². The minimum atomic E-state index is -0.454. The number of carbonyl (C=O) groups is 2. The molecular formula is C24H35N5O5. The fourth-order valence-corrected chi connectivity index (χ4v) is 3.87. The third kappa shape index (κ3) is 7.26. The second kappa shape index (κ2) is 12.5. The molecule has 0 saturated heterocycles. The molecule has 186 valence electrons. The van der Waals surface area contributed by atoms with Crippen LogP contribution in [-0.2, 0) is 34.0 Å². The summed E-state index contributed by atoms with van der Waals surface area (Å²) >= 11 is 0. The molecule has 10 nitrogen and oxygen atoms in total. The predicted molar refractivity (Wildman–Crippen MR) is 125 cm³/mol. The maximum atomic E-state index is 12.9. The number of benzene rings is 1. The fraction of sp³-hybridized carbons (Fsp3) is 0.583. The predicted octanol–water partition coefficient (Wildman–Crippen LogP) is 2.07. The van der Waals surface area contributed by atoms with Crippen LogP contribution in [0.1, 0.15) is 37.9 Å². The molecule has 1 aromatic heterocycles. The number of likely N-dealkylation sites (N-methyl/N-ethyl adjacent to an activating group) is 1. The maximum Gasteiger partial charge on any atom is 0.409 e. The summed E-state index contributed by atoms with van der Waals surface area (Å²) in [7, 11) is 1.67. The van der Waals surface area contributed by atoms with Crippen LogP contribution in [0.15, 0.2) is 36.5 Å². The van der Waals surface area contributed by atoms with E-state index in [1.54, 1.807) is 16.6 Å². The van der Waals surface area contributed by atoms with E-state index >= 15 is 0 Å². The third-order valence-electron chi connectivity index (χ3n) is 6.02. The minimum Gasteiger partial charge on any atom is -0.445 e. The standard InChI is InChI=1S/C24H35N5O5/c1-18-12-29(19(2)15-30)23(31)10-7-11-28-13-21(25-26-28)17-33-22(18)14-27(3)24(32)34-16-20-8-5-4-6-9-20/h4-6,8-9,13,18-19,22,30H,7,10-12,14-17H2,1-3H3/t18-,19-,22+/m0/s1. The quantitative estimate of drug-likeness (QED) is 0.684. The molecule has 2 heterocycles. The molecule has 0 saturated carbocycles. The Morgan fingerprint density at radius 1 is 1.35 bits per heavy atom. The molecule has 10 heteroatoms. The van der Waals surface area contributed by atoms with E-state index in [4.69, 9.17) is 9.47 Å². The van der Waals surface area contributed by atoms with Crippen molar-refractivity contribution in [2.24, 2.45) is 5.92 Å². The Morgan fingerprint density at radius 2 is 2.12 bits per heavy atom. The van der Waals surface area contributed by atoms with Gasteiger partial charge in [-0.3, -0.25) is 9.48 Å². The van der Waals surface area contributed by atoms with Gasteiger partial charge in [-0.15, -0.1) is 5.10 Å². The Kier molecular flexibility index (Phi) is 9.41. The number of rotatable bonds is 6. The molecule has 34 heavy (non-hydrogen) atoms. The van der Waals surface area contributed by atoms with Gasteiger partial charge in [0.25, 0.3) is 0 Å². The number of aliphatic hydroxyl groups excluding tert-OH is 1. The Labute approximate surface area is 200 Å². The molecule has 2 bridgehead atoms. The molecule has 0 fully saturated rings. The van der Waals surface area contributed by atoms with Gasteiger partial charge in [0, 0.05) is 32.5 Å². The van der Waals surface area contributed by atoms with Crippen LogP contribution >= 0.6 is 0 Å². The van der Waals surface area contributed by atoms with Gasteiger partial charge in [0.15, 0.2) is 0 Å². The van der Waals surface area contributed by atoms with E-state index in [1.807, 2.05) is 50.4 Å². The van der Waals surface area contributed by atoms with E-state index in [1.165, 1.54) is 4.90 Å². The molecule has 2 amide bonds. The first-order valence-electron chi connectivity index (χ1n) is 11.7. The molecule has 0 radical (unpaired) electrons. The van der Waals surface area contributed by atoms with Gasteiger partial charge < -0.3 is 24.4 Å². The van der Waals surface area contributed by atoms with Crippen LogP contribution in [0.4, 0.5) is 4.79 Å². The number of aromatic nitrogens is 3. The fourth-order valence-electron chi connectivity index (χ4n) is 3.87. The smallest absolute Gasteiger partial charge is 0.409 e. The van der Waals surface area contributed by atoms with E-state index in [-0.39, 0.29) is 50.3 Å². The third-order valence-corrected chi connectivity index (χ3v) is 6.02. The zero-order chi connectivity index (χ0) is 24.5. The first-order chi connectivity index (χ1) is 16.4. The molecule has 3 rings (SSSR count). The van der Waals surface area contributed by atoms with Crippen LogP contribution in [0.25, 0.3) is 0 Å². The number of aryl methyl sites for hydroxylation is 1. The van der Waals surface area contributed by atoms with Gasteiger partial charge in [-0.1, -0.05) is 42.5 Å². The van der Waals surface area contributed by atoms with E-state index in [2.05, 4.69) is 10.3 Å². The van der Waals surface area contributed by atoms with Gasteiger partial charge in [0.05, 0.1) is 38.1 Å². The highest BCUT2D eigenvalue weighted by Gasteiger charge is 2.29. The molecule has 0 spiro atoms. The highest BCUT2D eigenvalue weighted by molar-refractivity contribution is 5.76. The average molecular weight is 474 g/mol. The molecule has 1 aliphatic heterocycles. The van der Waals surface area contributed by atoms with Gasteiger partial charge >= 0.3 is 6.09 Å². The Balaban J connectivity index is 1.70. The number of fused-ring (bicyclic) bond motifs is 2. The largest absolute Gasteiger partial charge is 0.445 e. The van der Waals surface area contributed by atoms with Crippen molar-refractivity contribution in [3.05, 3.63) is 47.8 Å². The van der Waals surface area contributed by atoms with Crippen molar-refractivity contribution >= 4 is 12.0 Å². The molecule has 1 aromatic carbocycles. The zero-order valence-electron chi connectivity index (χ0n) is 20.2. The van der Waals surface area contributed by atoms with E-state index in [0.717, 1.165) is 5.56 Å². The second-order valence-electron chi connectivity index (χ2n) is 8.90. The van der Waals surface area contributed by atoms with Crippen LogP contribution in [-0.4, -0.2) is 80.8 Å². The number of carbonyl (C=O) groups excluding carboxylic acids is 2. The number of nitrogens with zero attached hydrogens (tertiary/aromatic N) is 5. The Bertz CT molecular complexity index is 921. The summed E-state index contributed by atoms with van der Waals surface area (Å²) < 4.78 is 13.3. The Hall–Kier alpha value is -2.98. The summed E-state index contributed by atoms with van der Waals surface area (Å²) in [5.74, 6) is -0.138. The van der Waals surface area contributed by atoms with Crippen molar-refractivity contribution in [3.63, 3.8) is 0 Å². The summed E-state index contributed by atoms with van der Waals surface area (Å²) in [5.41, 5.74) is 1.60. The summed E-state index contributed by atoms with van der Waals surface area (Å²) in [5, 5.41) is 18.0. The van der Waals surface area contributed by atoms with Crippen LogP contribution < -0.4 is 0 Å². The van der Waals surface area contributed by atoms with Crippen molar-refractivity contribution in [1.29, 1.82) is 0 Å². The number of amides is 2. The van der Waals surface area contributed by atoms with Crippen molar-refractivity contribution < 1.29 is 24.2 Å². The van der Waals surface area contributed by atoms with Gasteiger partial charge in [-0.2, -0.15) is 0 Å². The molecule has 2 aromatic rings. The second-order valence-corrected chi connectivity index (χ2v) is 8.90. The van der Waals surface area contributed by atoms with Crippen molar-refractivity contribution in [2.75, 3.05) is 26.7 Å². The molecule has 1 N–H and O–H groups in total. The molecule has 0 aliphatic carbocycles. The topological polar surface area (TPSA) is 110 Å². The lowest BCUT2D eigenvalue weighted by Crippen LogP contribution is -2.47. The van der Waals surface area contributed by atoms with E-state index < -0.39 is 6.09 Å². The van der Waals surface area contributed by atoms with E-state index in [9.17, 15) is 14.7 Å². The van der Waals surface area contributed by atoms with Crippen molar-refractivity contribution in [3.8, 4) is 0 Å². The summed E-state index contributed by atoms with van der Waals surface area (Å²) in [6.07, 6.45) is 1.95. The highest BCUT2D eigenvalue weighted by Crippen LogP contribution is 2.18. The molecule has 0 unspecified atom stereocenters. The number of aliphatic hydroxyl groups is 1. The first-order valence-corrected chi connectivity index (χ1v) is 11.7. The number of ether oxygens (including phenoxy) is 2. The zero-order valence-corrected chi connectivity index (χ0v) is 20.2. The maximum absolute atomic E-state index is 12.9. The molecule has 3 atom stereocenters. The monoisotopic (exact) mass is 473 g/mol. The first kappa shape index (κ1) is 25.6. The van der Waals surface area contributed by atoms with Crippen molar-refractivity contribution in [1.82, 2.24) is 24.8 Å². The molecular weight excluding hydrogens is 438 g/mol. The average Bonchev–Trinajstić information content (AvgIpc) is 3.30. The SMILES string of the molecule is C[C@H]1CN([C@@H](C)CO)C(=O)CCCn2cc(nn2)CO[C@@H]1CN(C)C(=O)OCc1ccccc1. The Morgan fingerprint density at radius 3 is 2.85 bits per heavy atom. The normalized spacial score (nSPS) is 20.6. The van der Waals surface area contributed by atoms with Crippen LogP contribution in [0.5, 0.6) is 0 Å². The van der Waals surface area contributed by atoms with Crippen LogP contribution in [0, 0.1) is 5.92 Å². The lowest BCUT2D eigenvalue weighted by atomic mass is 10.0. The van der Waals surface area contributed by atoms with Crippen molar-refractivity contribution in [2.45, 2.75) is 58.6 Å². The number of hydrogen-bond acceptors (Lipinski definition) is 7. The number of hydrogen-bond donors (Lipinski definition) is 1. The summed E-state index contributed by atoms with van der Waals surface area (Å²) in [6, 6.07) is 9.18. The van der Waals surface area contributed by atoms with Gasteiger partial charge in [-0.25, -0.2) is 4.79 Å². The lowest BCUT2D eigenvalue weighted by molar-refractivity contribution is -0.136. The minimum absolute atomic E-state index is 0.0256. The van der Waals surface area contributed by atoms with Gasteiger partial charge in [0.1, 0.15) is 12.3 Å². The van der Waals surface area contributed by atoms with Gasteiger partial charge in [0.2, 0.25) is 5.91 Å².